The van der Waals surface area contributed by atoms with E-state index in [1.165, 1.54) is 36.8 Å². The van der Waals surface area contributed by atoms with Gasteiger partial charge in [0.25, 0.3) is 10.0 Å². The molecule has 0 saturated carbocycles. The molecule has 116 valence electrons. The van der Waals surface area contributed by atoms with Crippen LogP contribution in [-0.4, -0.2) is 19.6 Å². The molecule has 0 heterocycles. The molecule has 0 spiro atoms. The number of unbranched alkanes of at least 4 members (excludes halogenated alkanes) is 3. The molecule has 21 heavy (non-hydrogen) atoms. The lowest BCUT2D eigenvalue weighted by Crippen LogP contribution is -1.75. The van der Waals surface area contributed by atoms with Gasteiger partial charge >= 0.3 is 0 Å². The first kappa shape index (κ1) is 19.6. The van der Waals surface area contributed by atoms with Crippen LogP contribution in [0.5, 0.6) is 0 Å². The van der Waals surface area contributed by atoms with Crippen LogP contribution in [0.25, 0.3) is 11.1 Å². The van der Waals surface area contributed by atoms with Crippen molar-refractivity contribution in [1.29, 1.82) is 0 Å². The van der Waals surface area contributed by atoms with Gasteiger partial charge in [-0.1, -0.05) is 100 Å². The smallest absolute Gasteiger partial charge is 0.299 e. The number of hydrogen-bond donors (Lipinski definition) is 2. The van der Waals surface area contributed by atoms with Crippen LogP contribution in [0.1, 0.15) is 39.5 Å². The molecule has 0 amide bonds. The van der Waals surface area contributed by atoms with Crippen LogP contribution in [0, 0.1) is 0 Å². The maximum atomic E-state index is 7.26. The third kappa shape index (κ3) is 11.0. The second-order valence-corrected chi connectivity index (χ2v) is 4.86. The van der Waals surface area contributed by atoms with Crippen molar-refractivity contribution in [3.8, 4) is 11.1 Å². The van der Waals surface area contributed by atoms with E-state index in [0.717, 1.165) is 0 Å². The first-order valence-electron chi connectivity index (χ1n) is 7.62. The number of rotatable bonds is 4. The van der Waals surface area contributed by atoms with Crippen molar-refractivity contribution in [2.75, 3.05) is 0 Å². The zero-order valence-corrected chi connectivity index (χ0v) is 14.6. The Morgan fingerprint density at radius 3 is 1.19 bits per heavy atom. The van der Waals surface area contributed by atoms with E-state index in [4.69, 9.17) is 9.59 Å². The summed E-state index contributed by atoms with van der Waals surface area (Å²) in [5.74, 6) is 0. The Labute approximate surface area is 131 Å². The van der Waals surface area contributed by atoms with Crippen molar-refractivity contribution in [3.05, 3.63) is 60.7 Å². The number of benzene rings is 2. The minimum atomic E-state index is -1.58. The van der Waals surface area contributed by atoms with Gasteiger partial charge in [0.1, 0.15) is 0 Å². The first-order valence-corrected chi connectivity index (χ1v) is 8.88. The molecule has 0 aliphatic rings. The van der Waals surface area contributed by atoms with Crippen LogP contribution in [0.3, 0.4) is 0 Å². The van der Waals surface area contributed by atoms with Gasteiger partial charge in [-0.2, -0.15) is 0 Å². The third-order valence-electron chi connectivity index (χ3n) is 2.84. The van der Waals surface area contributed by atoms with Crippen LogP contribution in [0.15, 0.2) is 60.7 Å². The molecule has 0 aliphatic carbocycles. The maximum Gasteiger partial charge on any atom is 0.299 e. The highest BCUT2D eigenvalue weighted by Crippen LogP contribution is 2.17. The second-order valence-electron chi connectivity index (χ2n) is 4.58. The van der Waals surface area contributed by atoms with Gasteiger partial charge in [-0.05, 0) is 11.1 Å². The lowest BCUT2D eigenvalue weighted by Gasteiger charge is -1.98. The average Bonchev–Trinajstić information content (AvgIpc) is 2.56. The van der Waals surface area contributed by atoms with Crippen molar-refractivity contribution in [1.82, 2.24) is 0 Å². The molecule has 0 unspecified atom stereocenters. The van der Waals surface area contributed by atoms with Crippen molar-refractivity contribution >= 4 is 10.0 Å². The van der Waals surface area contributed by atoms with Gasteiger partial charge in [0.2, 0.25) is 0 Å². The zero-order chi connectivity index (χ0) is 15.8. The van der Waals surface area contributed by atoms with Gasteiger partial charge in [0, 0.05) is 0 Å². The highest BCUT2D eigenvalue weighted by Gasteiger charge is 1.91. The summed E-state index contributed by atoms with van der Waals surface area (Å²) in [7, 11) is -1.58. The van der Waals surface area contributed by atoms with E-state index in [2.05, 4.69) is 62.4 Å². The molecule has 2 aromatic carbocycles. The van der Waals surface area contributed by atoms with Crippen LogP contribution >= 0.6 is 0 Å². The van der Waals surface area contributed by atoms with Crippen LogP contribution in [0.4, 0.5) is 0 Å². The molecular weight excluding hydrogens is 276 g/mol. The van der Waals surface area contributed by atoms with Crippen molar-refractivity contribution in [3.63, 3.8) is 0 Å². The summed E-state index contributed by atoms with van der Waals surface area (Å²) in [4.78, 5) is 14.5. The van der Waals surface area contributed by atoms with Gasteiger partial charge in [-0.3, -0.25) is 0 Å². The Hall–Kier alpha value is -1.42. The molecule has 0 saturated heterocycles. The highest BCUT2D eigenvalue weighted by molar-refractivity contribution is 6.13. The average molecular weight is 305 g/mol. The molecule has 0 bridgehead atoms. The van der Waals surface area contributed by atoms with E-state index in [1.54, 1.807) is 0 Å². The Bertz CT molecular complexity index is 376. The van der Waals surface area contributed by atoms with Gasteiger partial charge in [-0.15, -0.1) is 0 Å². The molecule has 2 rings (SSSR count). The van der Waals surface area contributed by atoms with Crippen molar-refractivity contribution in [2.45, 2.75) is 39.5 Å². The fourth-order valence-electron chi connectivity index (χ4n) is 1.76. The Morgan fingerprint density at radius 2 is 0.952 bits per heavy atom. The summed E-state index contributed by atoms with van der Waals surface area (Å²) in [6, 6.07) is 20.8. The van der Waals surface area contributed by atoms with E-state index in [9.17, 15) is 0 Å². The topological polar surface area (TPSA) is 40.5 Å². The summed E-state index contributed by atoms with van der Waals surface area (Å²) in [6.45, 7) is 4.46. The van der Waals surface area contributed by atoms with E-state index >= 15 is 0 Å². The molecule has 0 radical (unpaired) electrons. The molecular formula is C18H28O2Si. The minimum absolute atomic E-state index is 1.28. The largest absolute Gasteiger partial charge is 0.415 e. The van der Waals surface area contributed by atoms with Gasteiger partial charge in [-0.25, -0.2) is 0 Å². The molecule has 2 N–H and O–H groups in total. The van der Waals surface area contributed by atoms with Crippen molar-refractivity contribution in [2.24, 2.45) is 0 Å². The molecule has 0 aliphatic heterocycles. The summed E-state index contributed by atoms with van der Waals surface area (Å²) in [5, 5.41) is 0. The summed E-state index contributed by atoms with van der Waals surface area (Å²) < 4.78 is 0. The molecule has 2 aromatic rings. The Balaban J connectivity index is 0.000000378. The SMILES string of the molecule is CCCCCC.O[SiH2]O.c1ccc(-c2ccccc2)cc1. The summed E-state index contributed by atoms with van der Waals surface area (Å²) >= 11 is 0. The predicted octanol–water partition coefficient (Wildman–Crippen LogP) is 3.91. The van der Waals surface area contributed by atoms with Crippen LogP contribution < -0.4 is 0 Å². The normalized spacial score (nSPS) is 8.95. The molecule has 0 fully saturated rings. The van der Waals surface area contributed by atoms with Crippen LogP contribution in [0.2, 0.25) is 0 Å². The fraction of sp³-hybridized carbons (Fsp3) is 0.333. The quantitative estimate of drug-likeness (QED) is 0.664. The van der Waals surface area contributed by atoms with E-state index < -0.39 is 10.0 Å². The lowest BCUT2D eigenvalue weighted by molar-refractivity contribution is 0.448. The van der Waals surface area contributed by atoms with E-state index in [-0.39, 0.29) is 0 Å². The lowest BCUT2D eigenvalue weighted by atomic mass is 10.1. The molecule has 2 nitrogen and oxygen atoms in total. The van der Waals surface area contributed by atoms with Gasteiger partial charge in [0.05, 0.1) is 0 Å². The number of hydrogen-bond acceptors (Lipinski definition) is 2. The maximum absolute atomic E-state index is 7.26. The molecule has 0 aromatic heterocycles. The summed E-state index contributed by atoms with van der Waals surface area (Å²) in [5.41, 5.74) is 2.55. The monoisotopic (exact) mass is 304 g/mol. The van der Waals surface area contributed by atoms with Gasteiger partial charge < -0.3 is 9.59 Å². The van der Waals surface area contributed by atoms with Gasteiger partial charge in [0.15, 0.2) is 0 Å². The minimum Gasteiger partial charge on any atom is -0.415 e. The Morgan fingerprint density at radius 1 is 0.667 bits per heavy atom. The first-order chi connectivity index (χ1) is 10.3. The van der Waals surface area contributed by atoms with E-state index in [1.807, 2.05) is 12.1 Å². The van der Waals surface area contributed by atoms with Crippen molar-refractivity contribution < 1.29 is 9.59 Å². The highest BCUT2D eigenvalue weighted by atomic mass is 28.2. The third-order valence-corrected chi connectivity index (χ3v) is 2.84. The standard InChI is InChI=1S/C12H10.C6H14.H4O2Si/c1-3-7-11(8-4-1)12-9-5-2-6-10-12;1-3-5-6-4-2;1-3-2/h1-10H;3-6H2,1-2H3;1-2H,3H2. The molecule has 3 heteroatoms. The summed E-state index contributed by atoms with van der Waals surface area (Å²) in [6.07, 6.45) is 5.54. The predicted molar refractivity (Wildman–Crippen MR) is 94.7 cm³/mol. The molecule has 0 atom stereocenters. The fourth-order valence-corrected chi connectivity index (χ4v) is 1.76. The zero-order valence-electron chi connectivity index (χ0n) is 13.2. The second kappa shape index (κ2) is 15.0. The van der Waals surface area contributed by atoms with E-state index in [0.29, 0.717) is 0 Å². The Kier molecular flexibility index (Phi) is 14.0. The van der Waals surface area contributed by atoms with Crippen LogP contribution in [-0.2, 0) is 0 Å².